The van der Waals surface area contributed by atoms with Gasteiger partial charge in [0.15, 0.2) is 0 Å². The van der Waals surface area contributed by atoms with Gasteiger partial charge >= 0.3 is 5.97 Å². The molecule has 1 spiro atoms. The minimum absolute atomic E-state index is 0.312. The first-order chi connectivity index (χ1) is 14.7. The first-order valence-electron chi connectivity index (χ1n) is 10.3. The summed E-state index contributed by atoms with van der Waals surface area (Å²) in [6, 6.07) is 17.8. The number of esters is 1. The third kappa shape index (κ3) is 2.62. The highest BCUT2D eigenvalue weighted by Gasteiger charge is 2.58. The van der Waals surface area contributed by atoms with Gasteiger partial charge < -0.3 is 14.4 Å². The Morgan fingerprint density at radius 1 is 1.13 bits per heavy atom. The maximum Gasteiger partial charge on any atom is 0.338 e. The Hall–Kier alpha value is -3.60. The van der Waals surface area contributed by atoms with Gasteiger partial charge in [0, 0.05) is 23.7 Å². The fourth-order valence-electron chi connectivity index (χ4n) is 4.61. The minimum Gasteiger partial charge on any atom is -0.459 e. The van der Waals surface area contributed by atoms with Gasteiger partial charge in [0.05, 0.1) is 11.6 Å². The molecule has 3 aromatic rings. The lowest BCUT2D eigenvalue weighted by molar-refractivity contribution is -0.130. The Kier molecular flexibility index (Phi) is 4.03. The van der Waals surface area contributed by atoms with Crippen LogP contribution < -0.4 is 14.4 Å². The zero-order valence-corrected chi connectivity index (χ0v) is 18.1. The van der Waals surface area contributed by atoms with Crippen molar-refractivity contribution in [3.05, 3.63) is 72.3 Å². The second-order valence-corrected chi connectivity index (χ2v) is 8.72. The summed E-state index contributed by atoms with van der Waals surface area (Å²) in [6.07, 6.45) is 1.90. The van der Waals surface area contributed by atoms with Crippen LogP contribution in [0.15, 0.2) is 71.7 Å². The molecule has 0 N–H and O–H groups in total. The number of carbonyl (C=O) groups excluding carboxylic acids is 1. The van der Waals surface area contributed by atoms with Gasteiger partial charge in [-0.2, -0.15) is 0 Å². The maximum atomic E-state index is 11.9. The van der Waals surface area contributed by atoms with Gasteiger partial charge in [-0.3, -0.25) is 4.99 Å². The van der Waals surface area contributed by atoms with E-state index in [-0.39, 0.29) is 5.41 Å². The lowest BCUT2D eigenvalue weighted by atomic mass is 9.77. The number of carbonyl (C=O) groups is 1. The molecule has 0 aliphatic carbocycles. The Morgan fingerprint density at radius 3 is 2.61 bits per heavy atom. The Morgan fingerprint density at radius 2 is 1.87 bits per heavy atom. The molecule has 2 aliphatic rings. The van der Waals surface area contributed by atoms with Crippen LogP contribution in [0.4, 0.5) is 11.4 Å². The summed E-state index contributed by atoms with van der Waals surface area (Å²) in [6.45, 7) is 9.63. The molecule has 31 heavy (non-hydrogen) atoms. The van der Waals surface area contributed by atoms with E-state index in [0.717, 1.165) is 22.1 Å². The van der Waals surface area contributed by atoms with Crippen molar-refractivity contribution in [3.63, 3.8) is 0 Å². The van der Waals surface area contributed by atoms with Gasteiger partial charge in [0.25, 0.3) is 0 Å². The highest BCUT2D eigenvalue weighted by Crippen LogP contribution is 2.54. The predicted molar refractivity (Wildman–Crippen MR) is 124 cm³/mol. The van der Waals surface area contributed by atoms with E-state index in [0.29, 0.717) is 17.1 Å². The highest BCUT2D eigenvalue weighted by molar-refractivity contribution is 6.01. The Bertz CT molecular complexity index is 1290. The summed E-state index contributed by atoms with van der Waals surface area (Å²) in [4.78, 5) is 19.0. The highest BCUT2D eigenvalue weighted by atomic mass is 16.5. The molecule has 1 atom stereocenters. The van der Waals surface area contributed by atoms with Crippen molar-refractivity contribution in [2.75, 3.05) is 11.9 Å². The van der Waals surface area contributed by atoms with Gasteiger partial charge in [0.1, 0.15) is 17.2 Å². The van der Waals surface area contributed by atoms with Crippen molar-refractivity contribution in [3.8, 4) is 11.5 Å². The van der Waals surface area contributed by atoms with E-state index in [9.17, 15) is 4.79 Å². The SMILES string of the molecule is C=C(C)C(=O)Oc1ccc2ccc3c(c2c1)N=CC1(O3)N(C)c2ccccc2C1(C)C. The Labute approximate surface area is 181 Å². The number of benzene rings is 3. The number of ether oxygens (including phenoxy) is 2. The number of rotatable bonds is 2. The van der Waals surface area contributed by atoms with Gasteiger partial charge in [-0.25, -0.2) is 4.79 Å². The molecule has 2 aliphatic heterocycles. The van der Waals surface area contributed by atoms with Crippen LogP contribution >= 0.6 is 0 Å². The van der Waals surface area contributed by atoms with E-state index in [2.05, 4.69) is 43.5 Å². The molecule has 5 rings (SSSR count). The molecule has 1 unspecified atom stereocenters. The number of fused-ring (bicyclic) bond motifs is 4. The fourth-order valence-corrected chi connectivity index (χ4v) is 4.61. The number of anilines is 1. The molecule has 0 fully saturated rings. The molecule has 0 saturated carbocycles. The third-order valence-electron chi connectivity index (χ3n) is 6.45. The molecule has 0 radical (unpaired) electrons. The second kappa shape index (κ2) is 6.45. The van der Waals surface area contributed by atoms with Gasteiger partial charge in [0.2, 0.25) is 5.72 Å². The molecule has 0 saturated heterocycles. The number of hydrogen-bond donors (Lipinski definition) is 0. The molecule has 0 bridgehead atoms. The molecular weight excluding hydrogens is 388 g/mol. The molecule has 156 valence electrons. The zero-order valence-electron chi connectivity index (χ0n) is 18.1. The predicted octanol–water partition coefficient (Wildman–Crippen LogP) is 5.54. The number of likely N-dealkylation sites (N-methyl/N-ethyl adjacent to an activating group) is 1. The van der Waals surface area contributed by atoms with Crippen molar-refractivity contribution >= 4 is 34.3 Å². The third-order valence-corrected chi connectivity index (χ3v) is 6.45. The van der Waals surface area contributed by atoms with Crippen molar-refractivity contribution < 1.29 is 14.3 Å². The van der Waals surface area contributed by atoms with E-state index >= 15 is 0 Å². The summed E-state index contributed by atoms with van der Waals surface area (Å²) < 4.78 is 12.1. The van der Waals surface area contributed by atoms with Gasteiger partial charge in [-0.05, 0) is 56.0 Å². The number of nitrogens with zero attached hydrogens (tertiary/aromatic N) is 2. The standard InChI is InChI=1S/C26H24N2O3/c1-16(2)24(29)30-18-12-10-17-11-13-22-23(19(17)14-18)27-15-26(31-22)25(3,4)20-8-6-7-9-21(20)28(26)5/h6-15H,1H2,2-5H3. The second-order valence-electron chi connectivity index (χ2n) is 8.72. The fraction of sp³-hybridized carbons (Fsp3) is 0.231. The summed E-state index contributed by atoms with van der Waals surface area (Å²) in [7, 11) is 2.04. The smallest absolute Gasteiger partial charge is 0.338 e. The summed E-state index contributed by atoms with van der Waals surface area (Å²) in [5.41, 5.74) is 2.40. The monoisotopic (exact) mass is 412 g/mol. The maximum absolute atomic E-state index is 11.9. The van der Waals surface area contributed by atoms with Crippen LogP contribution in [-0.2, 0) is 10.2 Å². The number of para-hydroxylation sites is 1. The molecule has 0 amide bonds. The summed E-state index contributed by atoms with van der Waals surface area (Å²) in [5.74, 6) is 0.705. The van der Waals surface area contributed by atoms with E-state index in [1.54, 1.807) is 13.0 Å². The van der Waals surface area contributed by atoms with Crippen LogP contribution in [0.3, 0.4) is 0 Å². The lowest BCUT2D eigenvalue weighted by Crippen LogP contribution is -2.61. The van der Waals surface area contributed by atoms with Crippen LogP contribution in [0.1, 0.15) is 26.3 Å². The summed E-state index contributed by atoms with van der Waals surface area (Å²) in [5, 5.41) is 1.86. The van der Waals surface area contributed by atoms with Crippen molar-refractivity contribution in [2.24, 2.45) is 4.99 Å². The van der Waals surface area contributed by atoms with Crippen LogP contribution in [0.25, 0.3) is 10.8 Å². The average Bonchev–Trinajstić information content (AvgIpc) is 2.92. The van der Waals surface area contributed by atoms with Crippen molar-refractivity contribution in [2.45, 2.75) is 31.9 Å². The van der Waals surface area contributed by atoms with Crippen molar-refractivity contribution in [1.29, 1.82) is 0 Å². The molecule has 5 heteroatoms. The van der Waals surface area contributed by atoms with Gasteiger partial charge in [-0.1, -0.05) is 36.9 Å². The Balaban J connectivity index is 1.61. The quantitative estimate of drug-likeness (QED) is 0.315. The van der Waals surface area contributed by atoms with Crippen LogP contribution in [0.5, 0.6) is 11.5 Å². The van der Waals surface area contributed by atoms with E-state index in [4.69, 9.17) is 14.5 Å². The van der Waals surface area contributed by atoms with E-state index in [1.165, 1.54) is 5.56 Å². The topological polar surface area (TPSA) is 51.1 Å². The van der Waals surface area contributed by atoms with Crippen LogP contribution in [0, 0.1) is 0 Å². The number of hydrogen-bond acceptors (Lipinski definition) is 5. The first kappa shape index (κ1) is 19.4. The van der Waals surface area contributed by atoms with E-state index < -0.39 is 11.7 Å². The molecule has 5 nitrogen and oxygen atoms in total. The largest absolute Gasteiger partial charge is 0.459 e. The minimum atomic E-state index is -0.735. The number of aliphatic imine (C=N–C) groups is 1. The average molecular weight is 412 g/mol. The van der Waals surface area contributed by atoms with Crippen LogP contribution in [-0.4, -0.2) is 25.0 Å². The summed E-state index contributed by atoms with van der Waals surface area (Å²) >= 11 is 0. The molecule has 0 aromatic heterocycles. The van der Waals surface area contributed by atoms with Gasteiger partial charge in [-0.15, -0.1) is 0 Å². The molecular formula is C26H24N2O3. The molecule has 3 aromatic carbocycles. The normalized spacial score (nSPS) is 20.3. The molecule has 2 heterocycles. The zero-order chi connectivity index (χ0) is 22.0. The first-order valence-corrected chi connectivity index (χ1v) is 10.3. The van der Waals surface area contributed by atoms with E-state index in [1.807, 2.05) is 43.6 Å². The lowest BCUT2D eigenvalue weighted by Gasteiger charge is -2.45. The van der Waals surface area contributed by atoms with Crippen LogP contribution in [0.2, 0.25) is 0 Å². The van der Waals surface area contributed by atoms with Crippen molar-refractivity contribution in [1.82, 2.24) is 0 Å².